The molecule has 1 aromatic heterocycles. The minimum Gasteiger partial charge on any atom is -0.468 e. The van der Waals surface area contributed by atoms with E-state index in [0.29, 0.717) is 5.76 Å². The number of rotatable bonds is 2. The van der Waals surface area contributed by atoms with Gasteiger partial charge in [0.15, 0.2) is 9.84 Å². The zero-order valence-corrected chi connectivity index (χ0v) is 6.39. The van der Waals surface area contributed by atoms with E-state index >= 15 is 0 Å². The van der Waals surface area contributed by atoms with Crippen LogP contribution in [0.3, 0.4) is 0 Å². The van der Waals surface area contributed by atoms with Crippen LogP contribution < -0.4 is 0 Å². The van der Waals surface area contributed by atoms with E-state index in [1.54, 1.807) is 12.1 Å². The molecule has 0 bridgehead atoms. The number of hydrogen-bond donors (Lipinski definition) is 0. The molecule has 0 aliphatic rings. The lowest BCUT2D eigenvalue weighted by Crippen LogP contribution is -1.98. The maximum Gasteiger partial charge on any atom is 0.154 e. The van der Waals surface area contributed by atoms with Gasteiger partial charge in [0.1, 0.15) is 11.5 Å². The van der Waals surface area contributed by atoms with Crippen molar-refractivity contribution in [3.05, 3.63) is 24.2 Å². The molecule has 0 aromatic carbocycles. The molecule has 0 amide bonds. The smallest absolute Gasteiger partial charge is 0.154 e. The van der Waals surface area contributed by atoms with Crippen LogP contribution >= 0.6 is 0 Å². The van der Waals surface area contributed by atoms with Crippen LogP contribution in [0.2, 0.25) is 0 Å². The molecule has 0 atom stereocenters. The highest BCUT2D eigenvalue weighted by atomic mass is 32.2. The first-order valence-electron chi connectivity index (χ1n) is 2.78. The van der Waals surface area contributed by atoms with Gasteiger partial charge in [-0.25, -0.2) is 8.42 Å². The third-order valence-corrected chi connectivity index (χ3v) is 1.79. The lowest BCUT2D eigenvalue weighted by molar-refractivity contribution is 0.522. The first-order chi connectivity index (χ1) is 4.58. The Morgan fingerprint density at radius 2 is 2.30 bits per heavy atom. The number of sulfone groups is 1. The van der Waals surface area contributed by atoms with Gasteiger partial charge in [-0.05, 0) is 12.1 Å². The molecule has 0 aliphatic carbocycles. The molecule has 0 fully saturated rings. The van der Waals surface area contributed by atoms with Gasteiger partial charge in [-0.1, -0.05) is 0 Å². The molecule has 0 saturated carbocycles. The van der Waals surface area contributed by atoms with Gasteiger partial charge in [0.2, 0.25) is 0 Å². The molecular formula is C6H8O3S. The van der Waals surface area contributed by atoms with Crippen LogP contribution in [0, 0.1) is 0 Å². The fourth-order valence-corrected chi connectivity index (χ4v) is 1.33. The molecule has 10 heavy (non-hydrogen) atoms. The second-order valence-corrected chi connectivity index (χ2v) is 4.29. The summed E-state index contributed by atoms with van der Waals surface area (Å²) in [5.41, 5.74) is 0. The van der Waals surface area contributed by atoms with Gasteiger partial charge in [0.25, 0.3) is 0 Å². The van der Waals surface area contributed by atoms with Crippen LogP contribution in [0.4, 0.5) is 0 Å². The van der Waals surface area contributed by atoms with E-state index in [1.165, 1.54) is 12.5 Å². The third-order valence-electron chi connectivity index (χ3n) is 0.985. The Bertz CT molecular complexity index is 283. The van der Waals surface area contributed by atoms with Crippen LogP contribution in [0.5, 0.6) is 0 Å². The predicted molar refractivity (Wildman–Crippen MR) is 37.3 cm³/mol. The Morgan fingerprint density at radius 3 is 2.70 bits per heavy atom. The zero-order chi connectivity index (χ0) is 7.61. The van der Waals surface area contributed by atoms with Crippen molar-refractivity contribution in [3.8, 4) is 0 Å². The molecule has 56 valence electrons. The van der Waals surface area contributed by atoms with Crippen molar-refractivity contribution in [2.75, 3.05) is 6.26 Å². The van der Waals surface area contributed by atoms with E-state index in [4.69, 9.17) is 4.42 Å². The highest BCUT2D eigenvalue weighted by Crippen LogP contribution is 2.03. The molecule has 0 spiro atoms. The molecule has 1 aromatic rings. The third kappa shape index (κ3) is 2.23. The lowest BCUT2D eigenvalue weighted by atomic mass is 10.5. The molecule has 1 rings (SSSR count). The average molecular weight is 160 g/mol. The maximum atomic E-state index is 10.6. The minimum atomic E-state index is -2.94. The van der Waals surface area contributed by atoms with Crippen molar-refractivity contribution < 1.29 is 12.8 Å². The van der Waals surface area contributed by atoms with E-state index in [0.717, 1.165) is 0 Å². The van der Waals surface area contributed by atoms with E-state index in [1.807, 2.05) is 0 Å². The van der Waals surface area contributed by atoms with Crippen molar-refractivity contribution >= 4 is 9.84 Å². The zero-order valence-electron chi connectivity index (χ0n) is 5.57. The second kappa shape index (κ2) is 2.46. The maximum absolute atomic E-state index is 10.6. The van der Waals surface area contributed by atoms with Crippen LogP contribution in [-0.4, -0.2) is 14.7 Å². The Morgan fingerprint density at radius 1 is 1.60 bits per heavy atom. The molecule has 0 unspecified atom stereocenters. The monoisotopic (exact) mass is 160 g/mol. The minimum absolute atomic E-state index is 0.0139. The molecule has 4 heteroatoms. The van der Waals surface area contributed by atoms with E-state index in [9.17, 15) is 8.42 Å². The largest absolute Gasteiger partial charge is 0.468 e. The summed E-state index contributed by atoms with van der Waals surface area (Å²) in [4.78, 5) is 0. The van der Waals surface area contributed by atoms with Crippen LogP contribution in [-0.2, 0) is 15.6 Å². The molecule has 1 heterocycles. The lowest BCUT2D eigenvalue weighted by Gasteiger charge is -1.90. The van der Waals surface area contributed by atoms with Crippen LogP contribution in [0.25, 0.3) is 0 Å². The van der Waals surface area contributed by atoms with E-state index in [-0.39, 0.29) is 5.75 Å². The molecule has 0 aliphatic heterocycles. The average Bonchev–Trinajstić information content (AvgIpc) is 2.12. The van der Waals surface area contributed by atoms with Gasteiger partial charge in [-0.15, -0.1) is 0 Å². The molecule has 0 saturated heterocycles. The van der Waals surface area contributed by atoms with Crippen LogP contribution in [0.15, 0.2) is 22.8 Å². The quantitative estimate of drug-likeness (QED) is 0.643. The summed E-state index contributed by atoms with van der Waals surface area (Å²) in [6.07, 6.45) is 2.63. The summed E-state index contributed by atoms with van der Waals surface area (Å²) in [6.45, 7) is 0. The van der Waals surface area contributed by atoms with E-state index < -0.39 is 9.84 Å². The SMILES string of the molecule is CS(=O)(=O)Cc1ccco1. The van der Waals surface area contributed by atoms with Gasteiger partial charge >= 0.3 is 0 Å². The van der Waals surface area contributed by atoms with Gasteiger partial charge in [-0.3, -0.25) is 0 Å². The Kier molecular flexibility index (Phi) is 1.80. The standard InChI is InChI=1S/C6H8O3S/c1-10(7,8)5-6-3-2-4-9-6/h2-4H,5H2,1H3. The van der Waals surface area contributed by atoms with Gasteiger partial charge < -0.3 is 4.42 Å². The second-order valence-electron chi connectivity index (χ2n) is 2.15. The topological polar surface area (TPSA) is 47.3 Å². The summed E-state index contributed by atoms with van der Waals surface area (Å²) >= 11 is 0. The summed E-state index contributed by atoms with van der Waals surface area (Å²) in [7, 11) is -2.94. The van der Waals surface area contributed by atoms with Gasteiger partial charge in [0, 0.05) is 6.26 Å². The first-order valence-corrected chi connectivity index (χ1v) is 4.84. The number of furan rings is 1. The Labute approximate surface area is 59.6 Å². The molecule has 0 radical (unpaired) electrons. The Balaban J connectivity index is 2.75. The normalized spacial score (nSPS) is 11.7. The fourth-order valence-electron chi connectivity index (χ4n) is 0.653. The number of hydrogen-bond acceptors (Lipinski definition) is 3. The molecule has 3 nitrogen and oxygen atoms in total. The summed E-state index contributed by atoms with van der Waals surface area (Å²) in [5.74, 6) is 0.475. The van der Waals surface area contributed by atoms with E-state index in [2.05, 4.69) is 0 Å². The predicted octanol–water partition coefficient (Wildman–Crippen LogP) is 0.824. The highest BCUT2D eigenvalue weighted by molar-refractivity contribution is 7.89. The van der Waals surface area contributed by atoms with Gasteiger partial charge in [-0.2, -0.15) is 0 Å². The van der Waals surface area contributed by atoms with Crippen molar-refractivity contribution in [2.24, 2.45) is 0 Å². The first kappa shape index (κ1) is 7.34. The van der Waals surface area contributed by atoms with Crippen molar-refractivity contribution in [3.63, 3.8) is 0 Å². The Hall–Kier alpha value is -0.770. The van der Waals surface area contributed by atoms with Gasteiger partial charge in [0.05, 0.1) is 6.26 Å². The van der Waals surface area contributed by atoms with Crippen LogP contribution in [0.1, 0.15) is 5.76 Å². The van der Waals surface area contributed by atoms with Crippen molar-refractivity contribution in [1.29, 1.82) is 0 Å². The summed E-state index contributed by atoms with van der Waals surface area (Å²) in [6, 6.07) is 3.31. The summed E-state index contributed by atoms with van der Waals surface area (Å²) < 4.78 is 26.1. The van der Waals surface area contributed by atoms with Crippen molar-refractivity contribution in [1.82, 2.24) is 0 Å². The fraction of sp³-hybridized carbons (Fsp3) is 0.333. The molecular weight excluding hydrogens is 152 g/mol. The molecule has 0 N–H and O–H groups in total. The highest BCUT2D eigenvalue weighted by Gasteiger charge is 2.05. The van der Waals surface area contributed by atoms with Crippen molar-refractivity contribution in [2.45, 2.75) is 5.75 Å². The summed E-state index contributed by atoms with van der Waals surface area (Å²) in [5, 5.41) is 0.